The summed E-state index contributed by atoms with van der Waals surface area (Å²) in [6, 6.07) is 5.25. The number of aryl methyl sites for hydroxylation is 1. The van der Waals surface area contributed by atoms with Gasteiger partial charge in [-0.2, -0.15) is 0 Å². The van der Waals surface area contributed by atoms with Crippen molar-refractivity contribution in [3.63, 3.8) is 0 Å². The summed E-state index contributed by atoms with van der Waals surface area (Å²) in [5, 5.41) is 0.858. The van der Waals surface area contributed by atoms with Crippen molar-refractivity contribution in [1.29, 1.82) is 0 Å². The van der Waals surface area contributed by atoms with Crippen LogP contribution >= 0.6 is 15.9 Å². The predicted octanol–water partition coefficient (Wildman–Crippen LogP) is 3.70. The Balaban J connectivity index is 2.03. The van der Waals surface area contributed by atoms with Crippen molar-refractivity contribution in [1.82, 2.24) is 0 Å². The average molecular weight is 317 g/mol. The van der Waals surface area contributed by atoms with Crippen molar-refractivity contribution < 1.29 is 13.9 Å². The van der Waals surface area contributed by atoms with Crippen LogP contribution in [0.3, 0.4) is 0 Å². The number of ether oxygens (including phenoxy) is 2. The Morgan fingerprint density at radius 3 is 2.78 bits per heavy atom. The van der Waals surface area contributed by atoms with Gasteiger partial charge in [-0.1, -0.05) is 28.1 Å². The highest BCUT2D eigenvalue weighted by Crippen LogP contribution is 2.33. The van der Waals surface area contributed by atoms with Gasteiger partial charge in [-0.25, -0.2) is 4.39 Å². The molecule has 0 N–H and O–H groups in total. The molecule has 0 aliphatic carbocycles. The van der Waals surface area contributed by atoms with Gasteiger partial charge in [-0.3, -0.25) is 0 Å². The Morgan fingerprint density at radius 1 is 1.39 bits per heavy atom. The predicted molar refractivity (Wildman–Crippen MR) is 72.9 cm³/mol. The van der Waals surface area contributed by atoms with Gasteiger partial charge in [-0.05, 0) is 31.4 Å². The fourth-order valence-corrected chi connectivity index (χ4v) is 2.81. The molecule has 0 amide bonds. The Kier molecular flexibility index (Phi) is 4.62. The third-order valence-corrected chi connectivity index (χ3v) is 4.72. The summed E-state index contributed by atoms with van der Waals surface area (Å²) >= 11 is 3.55. The van der Waals surface area contributed by atoms with Crippen molar-refractivity contribution in [3.8, 4) is 5.75 Å². The molecule has 2 nitrogen and oxygen atoms in total. The minimum atomic E-state index is -0.255. The van der Waals surface area contributed by atoms with Gasteiger partial charge in [0.25, 0.3) is 0 Å². The first-order valence-corrected chi connectivity index (χ1v) is 7.31. The molecular formula is C14H18BrFO2. The van der Waals surface area contributed by atoms with E-state index in [1.165, 1.54) is 0 Å². The summed E-state index contributed by atoms with van der Waals surface area (Å²) in [7, 11) is 0. The van der Waals surface area contributed by atoms with Crippen molar-refractivity contribution in [2.75, 3.05) is 25.2 Å². The number of benzene rings is 1. The van der Waals surface area contributed by atoms with E-state index in [1.807, 2.05) is 6.07 Å². The summed E-state index contributed by atoms with van der Waals surface area (Å²) in [6.45, 7) is 3.79. The largest absolute Gasteiger partial charge is 0.490 e. The summed E-state index contributed by atoms with van der Waals surface area (Å²) in [5.41, 5.74) is 0.682. The van der Waals surface area contributed by atoms with Gasteiger partial charge in [-0.15, -0.1) is 0 Å². The van der Waals surface area contributed by atoms with Crippen LogP contribution in [0.15, 0.2) is 18.2 Å². The van der Waals surface area contributed by atoms with Gasteiger partial charge in [0.1, 0.15) is 0 Å². The van der Waals surface area contributed by atoms with Crippen LogP contribution in [0.5, 0.6) is 5.75 Å². The second-order valence-corrected chi connectivity index (χ2v) is 5.48. The molecule has 0 aromatic heterocycles. The minimum absolute atomic E-state index is 0.0639. The van der Waals surface area contributed by atoms with E-state index in [1.54, 1.807) is 19.1 Å². The van der Waals surface area contributed by atoms with Crippen molar-refractivity contribution >= 4 is 15.9 Å². The van der Waals surface area contributed by atoms with Crippen LogP contribution in [0.1, 0.15) is 18.4 Å². The lowest BCUT2D eigenvalue weighted by Crippen LogP contribution is -2.36. The van der Waals surface area contributed by atoms with Crippen molar-refractivity contribution in [2.24, 2.45) is 5.41 Å². The van der Waals surface area contributed by atoms with Crippen LogP contribution < -0.4 is 4.74 Å². The molecule has 1 aromatic carbocycles. The highest BCUT2D eigenvalue weighted by molar-refractivity contribution is 9.09. The normalized spacial score (nSPS) is 18.6. The lowest BCUT2D eigenvalue weighted by Gasteiger charge is -2.35. The van der Waals surface area contributed by atoms with Gasteiger partial charge < -0.3 is 9.47 Å². The number of halogens is 2. The van der Waals surface area contributed by atoms with Gasteiger partial charge in [0.2, 0.25) is 0 Å². The molecule has 1 fully saturated rings. The highest BCUT2D eigenvalue weighted by atomic mass is 79.9. The summed E-state index contributed by atoms with van der Waals surface area (Å²) in [5.74, 6) is 0.0936. The zero-order valence-electron chi connectivity index (χ0n) is 10.5. The molecule has 0 unspecified atom stereocenters. The molecule has 0 saturated carbocycles. The Labute approximate surface area is 116 Å². The molecule has 1 saturated heterocycles. The van der Waals surface area contributed by atoms with Crippen molar-refractivity contribution in [3.05, 3.63) is 29.6 Å². The maximum absolute atomic E-state index is 13.8. The maximum atomic E-state index is 13.8. The quantitative estimate of drug-likeness (QED) is 0.788. The fraction of sp³-hybridized carbons (Fsp3) is 0.571. The van der Waals surface area contributed by atoms with E-state index in [-0.39, 0.29) is 11.2 Å². The van der Waals surface area contributed by atoms with Crippen LogP contribution in [0.4, 0.5) is 4.39 Å². The minimum Gasteiger partial charge on any atom is -0.490 e. The Bertz CT molecular complexity index is 403. The molecule has 0 spiro atoms. The Morgan fingerprint density at radius 2 is 2.11 bits per heavy atom. The molecule has 0 bridgehead atoms. The smallest absolute Gasteiger partial charge is 0.167 e. The monoisotopic (exact) mass is 316 g/mol. The van der Waals surface area contributed by atoms with Gasteiger partial charge >= 0.3 is 0 Å². The maximum Gasteiger partial charge on any atom is 0.167 e. The fourth-order valence-electron chi connectivity index (χ4n) is 2.08. The summed E-state index contributed by atoms with van der Waals surface area (Å²) in [4.78, 5) is 0. The molecule has 1 aliphatic rings. The third kappa shape index (κ3) is 3.04. The SMILES string of the molecule is Cc1cccc(OCC2(CBr)CCOCC2)c1F. The van der Waals surface area contributed by atoms with Gasteiger partial charge in [0.05, 0.1) is 6.61 Å². The lowest BCUT2D eigenvalue weighted by molar-refractivity contribution is 0.00288. The van der Waals surface area contributed by atoms with E-state index in [9.17, 15) is 4.39 Å². The summed E-state index contributed by atoms with van der Waals surface area (Å²) < 4.78 is 24.9. The highest BCUT2D eigenvalue weighted by Gasteiger charge is 2.32. The number of hydrogen-bond acceptors (Lipinski definition) is 2. The second kappa shape index (κ2) is 6.02. The molecular weight excluding hydrogens is 299 g/mol. The van der Waals surface area contributed by atoms with E-state index in [0.29, 0.717) is 17.9 Å². The van der Waals surface area contributed by atoms with Gasteiger partial charge in [0, 0.05) is 24.0 Å². The molecule has 100 valence electrons. The molecule has 0 atom stereocenters. The first-order chi connectivity index (χ1) is 8.67. The van der Waals surface area contributed by atoms with E-state index in [0.717, 1.165) is 31.4 Å². The van der Waals surface area contributed by atoms with E-state index in [4.69, 9.17) is 9.47 Å². The molecule has 1 aromatic rings. The summed E-state index contributed by atoms with van der Waals surface area (Å²) in [6.07, 6.45) is 1.90. The lowest BCUT2D eigenvalue weighted by atomic mass is 9.83. The van der Waals surface area contributed by atoms with Crippen LogP contribution in [0.2, 0.25) is 0 Å². The zero-order valence-corrected chi connectivity index (χ0v) is 12.1. The average Bonchev–Trinajstić information content (AvgIpc) is 2.41. The van der Waals surface area contributed by atoms with Crippen LogP contribution in [0.25, 0.3) is 0 Å². The van der Waals surface area contributed by atoms with E-state index >= 15 is 0 Å². The molecule has 2 rings (SSSR count). The Hall–Kier alpha value is -0.610. The second-order valence-electron chi connectivity index (χ2n) is 4.92. The van der Waals surface area contributed by atoms with Crippen LogP contribution in [0, 0.1) is 18.2 Å². The van der Waals surface area contributed by atoms with Crippen LogP contribution in [-0.4, -0.2) is 25.2 Å². The topological polar surface area (TPSA) is 18.5 Å². The zero-order chi connectivity index (χ0) is 13.0. The molecule has 4 heteroatoms. The number of hydrogen-bond donors (Lipinski definition) is 0. The third-order valence-electron chi connectivity index (χ3n) is 3.53. The first kappa shape index (κ1) is 13.8. The number of rotatable bonds is 4. The van der Waals surface area contributed by atoms with Crippen molar-refractivity contribution in [2.45, 2.75) is 19.8 Å². The van der Waals surface area contributed by atoms with Crippen LogP contribution in [-0.2, 0) is 4.74 Å². The van der Waals surface area contributed by atoms with E-state index in [2.05, 4.69) is 15.9 Å². The number of alkyl halides is 1. The first-order valence-electron chi connectivity index (χ1n) is 6.18. The molecule has 1 aliphatic heterocycles. The molecule has 1 heterocycles. The van der Waals surface area contributed by atoms with Gasteiger partial charge in [0.15, 0.2) is 11.6 Å². The molecule has 0 radical (unpaired) electrons. The molecule has 18 heavy (non-hydrogen) atoms. The van der Waals surface area contributed by atoms with E-state index < -0.39 is 0 Å². The standard InChI is InChI=1S/C14H18BrFO2/c1-11-3-2-4-12(13(11)16)18-10-14(9-15)5-7-17-8-6-14/h2-4H,5-10H2,1H3.